The Bertz CT molecular complexity index is 540. The molecule has 0 spiro atoms. The molecule has 3 N–H and O–H groups in total. The molecule has 4 heteroatoms. The number of nitrogens with one attached hydrogen (secondary N) is 1. The average molecular weight is 243 g/mol. The molecule has 2 aromatic rings. The van der Waals surface area contributed by atoms with Gasteiger partial charge in [-0.05, 0) is 36.6 Å². The minimum atomic E-state index is 0.186. The Hall–Kier alpha value is -1.99. The van der Waals surface area contributed by atoms with E-state index in [0.29, 0.717) is 11.3 Å². The predicted octanol–water partition coefficient (Wildman–Crippen LogP) is 3.38. The van der Waals surface area contributed by atoms with Crippen LogP contribution in [0.5, 0.6) is 0 Å². The third kappa shape index (κ3) is 2.58. The first-order valence-electron chi connectivity index (χ1n) is 5.30. The van der Waals surface area contributed by atoms with E-state index in [-0.39, 0.29) is 6.04 Å². The molecule has 0 saturated carbocycles. The first kappa shape index (κ1) is 11.5. The molecular formula is C13H13N3S. The molecule has 2 rings (SSSR count). The van der Waals surface area contributed by atoms with Gasteiger partial charge >= 0.3 is 0 Å². The summed E-state index contributed by atoms with van der Waals surface area (Å²) in [6.07, 6.45) is 0. The lowest BCUT2D eigenvalue weighted by Gasteiger charge is -2.15. The Morgan fingerprint density at radius 3 is 2.88 bits per heavy atom. The van der Waals surface area contributed by atoms with Crippen molar-refractivity contribution in [2.24, 2.45) is 0 Å². The zero-order valence-electron chi connectivity index (χ0n) is 9.47. The number of benzene rings is 1. The maximum absolute atomic E-state index is 9.04. The van der Waals surface area contributed by atoms with E-state index in [1.807, 2.05) is 17.5 Å². The molecule has 3 nitrogen and oxygen atoms in total. The van der Waals surface area contributed by atoms with E-state index >= 15 is 0 Å². The first-order chi connectivity index (χ1) is 8.20. The fourth-order valence-electron chi connectivity index (χ4n) is 1.62. The van der Waals surface area contributed by atoms with Crippen LogP contribution in [0.25, 0.3) is 0 Å². The van der Waals surface area contributed by atoms with E-state index in [4.69, 9.17) is 11.0 Å². The number of nitrogen functional groups attached to an aromatic ring is 1. The second-order valence-corrected chi connectivity index (χ2v) is 4.78. The molecule has 0 aliphatic heterocycles. The van der Waals surface area contributed by atoms with Crippen LogP contribution in [0.3, 0.4) is 0 Å². The number of nitriles is 1. The molecule has 17 heavy (non-hydrogen) atoms. The quantitative estimate of drug-likeness (QED) is 0.812. The van der Waals surface area contributed by atoms with Crippen molar-refractivity contribution in [1.82, 2.24) is 0 Å². The normalized spacial score (nSPS) is 11.8. The van der Waals surface area contributed by atoms with Gasteiger partial charge in [-0.3, -0.25) is 0 Å². The van der Waals surface area contributed by atoms with Crippen molar-refractivity contribution < 1.29 is 0 Å². The fourth-order valence-corrected chi connectivity index (χ4v) is 2.36. The molecule has 1 atom stereocenters. The number of nitrogens with zero attached hydrogens (tertiary/aromatic N) is 1. The topological polar surface area (TPSA) is 61.8 Å². The lowest BCUT2D eigenvalue weighted by Crippen LogP contribution is -2.06. The van der Waals surface area contributed by atoms with Gasteiger partial charge in [-0.2, -0.15) is 5.26 Å². The zero-order valence-corrected chi connectivity index (χ0v) is 10.3. The van der Waals surface area contributed by atoms with E-state index in [2.05, 4.69) is 24.4 Å². The molecule has 1 aromatic carbocycles. The summed E-state index contributed by atoms with van der Waals surface area (Å²) in [5.41, 5.74) is 7.66. The van der Waals surface area contributed by atoms with Crippen molar-refractivity contribution in [3.05, 3.63) is 46.2 Å². The molecule has 0 bridgehead atoms. The van der Waals surface area contributed by atoms with Gasteiger partial charge in [0.05, 0.1) is 17.3 Å². The highest BCUT2D eigenvalue weighted by molar-refractivity contribution is 7.10. The number of anilines is 2. The minimum absolute atomic E-state index is 0.186. The summed E-state index contributed by atoms with van der Waals surface area (Å²) in [5, 5.41) is 14.4. The summed E-state index contributed by atoms with van der Waals surface area (Å²) < 4.78 is 0. The third-order valence-electron chi connectivity index (χ3n) is 2.51. The van der Waals surface area contributed by atoms with Gasteiger partial charge < -0.3 is 11.1 Å². The van der Waals surface area contributed by atoms with Crippen LogP contribution in [0.2, 0.25) is 0 Å². The molecule has 1 unspecified atom stereocenters. The van der Waals surface area contributed by atoms with Crippen LogP contribution in [0, 0.1) is 11.3 Å². The highest BCUT2D eigenvalue weighted by Crippen LogP contribution is 2.26. The van der Waals surface area contributed by atoms with Crippen molar-refractivity contribution in [1.29, 1.82) is 5.26 Å². The second kappa shape index (κ2) is 4.89. The fraction of sp³-hybridized carbons (Fsp3) is 0.154. The maximum Gasteiger partial charge on any atom is 0.101 e. The summed E-state index contributed by atoms with van der Waals surface area (Å²) >= 11 is 1.70. The summed E-state index contributed by atoms with van der Waals surface area (Å²) in [6.45, 7) is 2.07. The molecule has 0 radical (unpaired) electrons. The van der Waals surface area contributed by atoms with E-state index in [0.717, 1.165) is 5.69 Å². The predicted molar refractivity (Wildman–Crippen MR) is 71.9 cm³/mol. The van der Waals surface area contributed by atoms with Crippen molar-refractivity contribution in [2.75, 3.05) is 11.1 Å². The van der Waals surface area contributed by atoms with E-state index in [1.54, 1.807) is 23.5 Å². The minimum Gasteiger partial charge on any atom is -0.399 e. The van der Waals surface area contributed by atoms with Crippen LogP contribution in [-0.4, -0.2) is 0 Å². The van der Waals surface area contributed by atoms with E-state index < -0.39 is 0 Å². The van der Waals surface area contributed by atoms with Crippen molar-refractivity contribution in [3.63, 3.8) is 0 Å². The molecule has 0 amide bonds. The number of hydrogen-bond donors (Lipinski definition) is 2. The van der Waals surface area contributed by atoms with Gasteiger partial charge in [-0.1, -0.05) is 6.07 Å². The molecule has 1 aromatic heterocycles. The van der Waals surface area contributed by atoms with Crippen molar-refractivity contribution in [3.8, 4) is 6.07 Å². The summed E-state index contributed by atoms with van der Waals surface area (Å²) in [6, 6.07) is 11.8. The third-order valence-corrected chi connectivity index (χ3v) is 3.56. The maximum atomic E-state index is 9.04. The summed E-state index contributed by atoms with van der Waals surface area (Å²) in [5.74, 6) is 0. The molecule has 0 aliphatic carbocycles. The molecule has 0 aliphatic rings. The molecular weight excluding hydrogens is 230 g/mol. The number of hydrogen-bond acceptors (Lipinski definition) is 4. The van der Waals surface area contributed by atoms with Gasteiger partial charge in [0.25, 0.3) is 0 Å². The van der Waals surface area contributed by atoms with Gasteiger partial charge in [0.2, 0.25) is 0 Å². The van der Waals surface area contributed by atoms with Crippen molar-refractivity contribution in [2.45, 2.75) is 13.0 Å². The highest BCUT2D eigenvalue weighted by Gasteiger charge is 2.09. The van der Waals surface area contributed by atoms with Gasteiger partial charge in [0.1, 0.15) is 6.07 Å². The molecule has 1 heterocycles. The van der Waals surface area contributed by atoms with Gasteiger partial charge in [-0.15, -0.1) is 11.3 Å². The van der Waals surface area contributed by atoms with E-state index in [1.165, 1.54) is 4.88 Å². The average Bonchev–Trinajstić information content (AvgIpc) is 2.85. The Kier molecular flexibility index (Phi) is 3.31. The van der Waals surface area contributed by atoms with Crippen LogP contribution in [0.4, 0.5) is 11.4 Å². The van der Waals surface area contributed by atoms with Gasteiger partial charge in [0, 0.05) is 10.6 Å². The molecule has 0 saturated heterocycles. The number of thiophene rings is 1. The summed E-state index contributed by atoms with van der Waals surface area (Å²) in [4.78, 5) is 1.24. The summed E-state index contributed by atoms with van der Waals surface area (Å²) in [7, 11) is 0. The largest absolute Gasteiger partial charge is 0.399 e. The second-order valence-electron chi connectivity index (χ2n) is 3.80. The van der Waals surface area contributed by atoms with Crippen molar-refractivity contribution >= 4 is 22.7 Å². The standard InChI is InChI=1S/C13H13N3S/c1-9(13-3-2-6-17-13)16-12-5-4-11(15)7-10(12)8-14/h2-7,9,16H,15H2,1H3. The Morgan fingerprint density at radius 1 is 1.41 bits per heavy atom. The number of nitrogens with two attached hydrogens (primary N) is 1. The monoisotopic (exact) mass is 243 g/mol. The SMILES string of the molecule is CC(Nc1ccc(N)cc1C#N)c1cccs1. The Morgan fingerprint density at radius 2 is 2.24 bits per heavy atom. The highest BCUT2D eigenvalue weighted by atomic mass is 32.1. The van der Waals surface area contributed by atoms with Gasteiger partial charge in [-0.25, -0.2) is 0 Å². The van der Waals surface area contributed by atoms with Crippen LogP contribution in [0.1, 0.15) is 23.4 Å². The Labute approximate surface area is 105 Å². The first-order valence-corrected chi connectivity index (χ1v) is 6.18. The van der Waals surface area contributed by atoms with Gasteiger partial charge in [0.15, 0.2) is 0 Å². The number of rotatable bonds is 3. The smallest absolute Gasteiger partial charge is 0.101 e. The lowest BCUT2D eigenvalue weighted by molar-refractivity contribution is 0.907. The van der Waals surface area contributed by atoms with Crippen LogP contribution in [-0.2, 0) is 0 Å². The molecule has 0 fully saturated rings. The van der Waals surface area contributed by atoms with Crippen LogP contribution >= 0.6 is 11.3 Å². The van der Waals surface area contributed by atoms with Crippen LogP contribution < -0.4 is 11.1 Å². The molecule has 86 valence electrons. The van der Waals surface area contributed by atoms with E-state index in [9.17, 15) is 0 Å². The Balaban J connectivity index is 2.22. The van der Waals surface area contributed by atoms with Crippen LogP contribution in [0.15, 0.2) is 35.7 Å². The lowest BCUT2D eigenvalue weighted by atomic mass is 10.1. The zero-order chi connectivity index (χ0) is 12.3.